The van der Waals surface area contributed by atoms with Gasteiger partial charge in [0.25, 0.3) is 0 Å². The molecule has 2 N–H and O–H groups in total. The van der Waals surface area contributed by atoms with Gasteiger partial charge in [0.15, 0.2) is 11.6 Å². The Morgan fingerprint density at radius 1 is 1.22 bits per heavy atom. The highest BCUT2D eigenvalue weighted by atomic mass is 16.5. The fourth-order valence-corrected chi connectivity index (χ4v) is 4.01. The van der Waals surface area contributed by atoms with Crippen LogP contribution < -0.4 is 10.1 Å². The van der Waals surface area contributed by atoms with Crippen LogP contribution in [0, 0.1) is 5.92 Å². The molecule has 32 heavy (non-hydrogen) atoms. The number of rotatable bonds is 6. The number of nitrogens with zero attached hydrogens (tertiary/aromatic N) is 5. The lowest BCUT2D eigenvalue weighted by molar-refractivity contribution is -0.117. The predicted molar refractivity (Wildman–Crippen MR) is 114 cm³/mol. The van der Waals surface area contributed by atoms with Crippen molar-refractivity contribution in [1.82, 2.24) is 24.3 Å². The van der Waals surface area contributed by atoms with Crippen molar-refractivity contribution in [3.05, 3.63) is 30.6 Å². The smallest absolute Gasteiger partial charge is 0.407 e. The Bertz CT molecular complexity index is 1180. The molecule has 3 aromatic heterocycles. The lowest BCUT2D eigenvalue weighted by Crippen LogP contribution is -2.31. The number of aryl methyl sites for hydroxylation is 1. The molecule has 11 heteroatoms. The minimum Gasteiger partial charge on any atom is -0.482 e. The predicted octanol–water partition coefficient (Wildman–Crippen LogP) is 1.84. The fraction of sp³-hybridized carbons (Fsp3) is 0.429. The van der Waals surface area contributed by atoms with Crippen molar-refractivity contribution in [1.29, 1.82) is 0 Å². The zero-order valence-electron chi connectivity index (χ0n) is 17.8. The number of anilines is 1. The molecule has 0 unspecified atom stereocenters. The van der Waals surface area contributed by atoms with Crippen molar-refractivity contribution >= 4 is 23.3 Å². The molecule has 1 saturated carbocycles. The van der Waals surface area contributed by atoms with E-state index in [1.165, 1.54) is 4.90 Å². The van der Waals surface area contributed by atoms with Crippen LogP contribution in [-0.2, 0) is 16.6 Å². The number of carboxylic acid groups (broad SMARTS) is 1. The van der Waals surface area contributed by atoms with Crippen LogP contribution in [0.25, 0.3) is 16.8 Å². The van der Waals surface area contributed by atoms with Crippen LogP contribution in [0.1, 0.15) is 12.8 Å². The van der Waals surface area contributed by atoms with Crippen molar-refractivity contribution in [3.8, 4) is 17.0 Å². The monoisotopic (exact) mass is 440 g/mol. The molecular weight excluding hydrogens is 416 g/mol. The van der Waals surface area contributed by atoms with Crippen LogP contribution >= 0.6 is 0 Å². The maximum Gasteiger partial charge on any atom is 0.407 e. The summed E-state index contributed by atoms with van der Waals surface area (Å²) in [5.74, 6) is 1.17. The van der Waals surface area contributed by atoms with E-state index in [4.69, 9.17) is 9.47 Å². The summed E-state index contributed by atoms with van der Waals surface area (Å²) in [5, 5.41) is 20.9. The molecular formula is C21H24N6O5. The first-order chi connectivity index (χ1) is 15.4. The summed E-state index contributed by atoms with van der Waals surface area (Å²) in [6, 6.07) is 5.65. The van der Waals surface area contributed by atoms with Gasteiger partial charge < -0.3 is 24.8 Å². The fourth-order valence-electron chi connectivity index (χ4n) is 4.01. The number of aromatic nitrogens is 4. The number of hydrogen-bond donors (Lipinski definition) is 2. The molecule has 1 saturated heterocycles. The number of pyridine rings is 1. The maximum absolute atomic E-state index is 12.0. The zero-order valence-corrected chi connectivity index (χ0v) is 17.8. The summed E-state index contributed by atoms with van der Waals surface area (Å²) < 4.78 is 15.0. The third kappa shape index (κ3) is 3.75. The summed E-state index contributed by atoms with van der Waals surface area (Å²) in [4.78, 5) is 24.7. The molecule has 1 aliphatic carbocycles. The van der Waals surface area contributed by atoms with Crippen molar-refractivity contribution < 1.29 is 24.2 Å². The van der Waals surface area contributed by atoms with Gasteiger partial charge in [-0.1, -0.05) is 0 Å². The molecule has 0 radical (unpaired) electrons. The van der Waals surface area contributed by atoms with Gasteiger partial charge in [0.1, 0.15) is 17.9 Å². The number of fused-ring (bicyclic) bond motifs is 1. The van der Waals surface area contributed by atoms with Gasteiger partial charge in [0.2, 0.25) is 5.91 Å². The molecule has 0 spiro atoms. The van der Waals surface area contributed by atoms with E-state index in [1.807, 2.05) is 31.4 Å². The summed E-state index contributed by atoms with van der Waals surface area (Å²) in [6.07, 6.45) is 3.49. The number of likely N-dealkylation sites (tertiary alicyclic amines) is 1. The van der Waals surface area contributed by atoms with E-state index in [9.17, 15) is 14.7 Å². The van der Waals surface area contributed by atoms with E-state index in [0.29, 0.717) is 11.6 Å². The maximum atomic E-state index is 12.0. The van der Waals surface area contributed by atoms with Crippen LogP contribution in [0.4, 0.5) is 10.6 Å². The van der Waals surface area contributed by atoms with E-state index >= 15 is 0 Å². The van der Waals surface area contributed by atoms with E-state index in [2.05, 4.69) is 15.5 Å². The number of hydrogen-bond acceptors (Lipinski definition) is 6. The van der Waals surface area contributed by atoms with Gasteiger partial charge in [0, 0.05) is 37.9 Å². The second kappa shape index (κ2) is 7.83. The average Bonchev–Trinajstić information content (AvgIpc) is 3.27. The van der Waals surface area contributed by atoms with Gasteiger partial charge in [0.05, 0.1) is 24.8 Å². The molecule has 5 rings (SSSR count). The number of amides is 2. The molecule has 0 aromatic carbocycles. The van der Waals surface area contributed by atoms with Crippen LogP contribution in [0.5, 0.6) is 5.75 Å². The Hall–Kier alpha value is -3.60. The Morgan fingerprint density at radius 3 is 2.72 bits per heavy atom. The van der Waals surface area contributed by atoms with Gasteiger partial charge in [-0.25, -0.2) is 9.31 Å². The van der Waals surface area contributed by atoms with E-state index in [-0.39, 0.29) is 31.0 Å². The molecule has 3 aromatic rings. The second-order valence-corrected chi connectivity index (χ2v) is 8.18. The first kappa shape index (κ1) is 20.3. The molecule has 2 fully saturated rings. The first-order valence-electron chi connectivity index (χ1n) is 10.4. The molecule has 11 nitrogen and oxygen atoms in total. The lowest BCUT2D eigenvalue weighted by Gasteiger charge is -2.18. The second-order valence-electron chi connectivity index (χ2n) is 8.18. The largest absolute Gasteiger partial charge is 0.482 e. The van der Waals surface area contributed by atoms with E-state index in [0.717, 1.165) is 29.6 Å². The number of ether oxygens (including phenoxy) is 2. The lowest BCUT2D eigenvalue weighted by atomic mass is 10.1. The summed E-state index contributed by atoms with van der Waals surface area (Å²) >= 11 is 0. The van der Waals surface area contributed by atoms with E-state index in [1.54, 1.807) is 22.5 Å². The third-order valence-corrected chi connectivity index (χ3v) is 5.91. The molecule has 2 atom stereocenters. The summed E-state index contributed by atoms with van der Waals surface area (Å²) in [6.45, 7) is 0.469. The van der Waals surface area contributed by atoms with Gasteiger partial charge in [-0.3, -0.25) is 9.48 Å². The first-order valence-corrected chi connectivity index (χ1v) is 10.4. The molecule has 168 valence electrons. The van der Waals surface area contributed by atoms with Crippen molar-refractivity contribution in [3.63, 3.8) is 0 Å². The van der Waals surface area contributed by atoms with Crippen LogP contribution in [-0.4, -0.2) is 73.8 Å². The molecule has 2 amide bonds. The minimum atomic E-state index is -1.000. The Kier molecular flexibility index (Phi) is 4.97. The summed E-state index contributed by atoms with van der Waals surface area (Å²) in [5.41, 5.74) is 2.42. The molecule has 4 heterocycles. The van der Waals surface area contributed by atoms with Crippen molar-refractivity contribution in [2.75, 3.05) is 25.5 Å². The SMILES string of the molecule is CO[C@H]1CN(C(=O)O)C[C@H]1Oc1cnn(C)c1-c1ccn2nc(NC(=O)C3CC3)cc2c1. The van der Waals surface area contributed by atoms with E-state index < -0.39 is 12.2 Å². The number of methoxy groups -OCH3 is 1. The summed E-state index contributed by atoms with van der Waals surface area (Å²) in [7, 11) is 3.36. The van der Waals surface area contributed by atoms with Gasteiger partial charge in [-0.05, 0) is 25.0 Å². The molecule has 2 aliphatic rings. The Morgan fingerprint density at radius 2 is 2.00 bits per heavy atom. The van der Waals surface area contributed by atoms with Crippen molar-refractivity contribution in [2.24, 2.45) is 13.0 Å². The Balaban J connectivity index is 1.40. The minimum absolute atomic E-state index is 0.00983. The van der Waals surface area contributed by atoms with Gasteiger partial charge in [-0.15, -0.1) is 0 Å². The highest BCUT2D eigenvalue weighted by Crippen LogP contribution is 2.33. The highest BCUT2D eigenvalue weighted by molar-refractivity contribution is 5.93. The number of carbonyl (C=O) groups is 2. The number of carbonyl (C=O) groups excluding carboxylic acids is 1. The Labute approximate surface area is 183 Å². The average molecular weight is 440 g/mol. The van der Waals surface area contributed by atoms with Gasteiger partial charge in [-0.2, -0.15) is 10.2 Å². The molecule has 1 aliphatic heterocycles. The van der Waals surface area contributed by atoms with Crippen LogP contribution in [0.2, 0.25) is 0 Å². The normalized spacial score (nSPS) is 20.6. The topological polar surface area (TPSA) is 123 Å². The number of nitrogens with one attached hydrogen (secondary N) is 1. The van der Waals surface area contributed by atoms with Crippen molar-refractivity contribution in [2.45, 2.75) is 25.0 Å². The standard InChI is InChI=1S/C21H24N6O5/c1-25-19(15(9-22-25)32-17-11-26(21(29)30)10-16(17)31-2)13-5-6-27-14(7-13)8-18(24-27)23-20(28)12-3-4-12/h5-9,12,16-17H,3-4,10-11H2,1-2H3,(H,29,30)(H,23,24,28)/t16-,17+/m0/s1. The highest BCUT2D eigenvalue weighted by Gasteiger charge is 2.38. The third-order valence-electron chi connectivity index (χ3n) is 5.91. The molecule has 0 bridgehead atoms. The van der Waals surface area contributed by atoms with Crippen LogP contribution in [0.3, 0.4) is 0 Å². The zero-order chi connectivity index (χ0) is 22.4. The quantitative estimate of drug-likeness (QED) is 0.599. The van der Waals surface area contributed by atoms with Crippen LogP contribution in [0.15, 0.2) is 30.6 Å². The van der Waals surface area contributed by atoms with Gasteiger partial charge >= 0.3 is 6.09 Å².